The molecular formula is C14H17BrN2O2. The Bertz CT molecular complexity index is 492. The number of carbonyl (C=O) groups excluding carboxylic acids is 2. The summed E-state index contributed by atoms with van der Waals surface area (Å²) >= 11 is 3.36. The van der Waals surface area contributed by atoms with E-state index < -0.39 is 6.04 Å². The normalized spacial score (nSPS) is 15.7. The van der Waals surface area contributed by atoms with Crippen LogP contribution in [0.25, 0.3) is 0 Å². The van der Waals surface area contributed by atoms with Gasteiger partial charge in [0, 0.05) is 16.1 Å². The molecule has 19 heavy (non-hydrogen) atoms. The molecule has 2 N–H and O–H groups in total. The van der Waals surface area contributed by atoms with E-state index in [9.17, 15) is 9.59 Å². The second kappa shape index (κ2) is 5.74. The maximum absolute atomic E-state index is 12.1. The summed E-state index contributed by atoms with van der Waals surface area (Å²) in [5, 5.41) is 5.58. The number of benzene rings is 1. The molecule has 1 fully saturated rings. The fraction of sp³-hybridized carbons (Fsp3) is 0.429. The summed E-state index contributed by atoms with van der Waals surface area (Å²) in [6.45, 7) is 3.62. The minimum atomic E-state index is -0.521. The molecular weight excluding hydrogens is 308 g/mol. The quantitative estimate of drug-likeness (QED) is 0.891. The zero-order valence-corrected chi connectivity index (χ0v) is 12.6. The zero-order chi connectivity index (χ0) is 14.0. The largest absolute Gasteiger partial charge is 0.352 e. The van der Waals surface area contributed by atoms with Crippen LogP contribution in [0, 0.1) is 6.92 Å². The van der Waals surface area contributed by atoms with Gasteiger partial charge in [0.2, 0.25) is 5.91 Å². The topological polar surface area (TPSA) is 58.2 Å². The Morgan fingerprint density at radius 3 is 2.58 bits per heavy atom. The van der Waals surface area contributed by atoms with E-state index >= 15 is 0 Å². The number of carbonyl (C=O) groups is 2. The van der Waals surface area contributed by atoms with Crippen LogP contribution in [0.15, 0.2) is 22.7 Å². The summed E-state index contributed by atoms with van der Waals surface area (Å²) in [6.07, 6.45) is 2.08. The number of halogens is 1. The standard InChI is InChI=1S/C14H17BrN2O2/c1-8-5-10(7-11(15)6-8)14(19)16-9(2)13(18)17-12-3-4-12/h5-7,9,12H,3-4H2,1-2H3,(H,16,19)(H,17,18). The minimum Gasteiger partial charge on any atom is -0.352 e. The van der Waals surface area contributed by atoms with Gasteiger partial charge in [-0.25, -0.2) is 0 Å². The van der Waals surface area contributed by atoms with Crippen molar-refractivity contribution in [3.05, 3.63) is 33.8 Å². The van der Waals surface area contributed by atoms with Crippen LogP contribution < -0.4 is 10.6 Å². The number of hydrogen-bond donors (Lipinski definition) is 2. The summed E-state index contributed by atoms with van der Waals surface area (Å²) in [5.41, 5.74) is 1.55. The molecule has 0 aromatic heterocycles. The first-order valence-electron chi connectivity index (χ1n) is 6.34. The zero-order valence-electron chi connectivity index (χ0n) is 11.0. The highest BCUT2D eigenvalue weighted by Crippen LogP contribution is 2.18. The maximum atomic E-state index is 12.1. The average Bonchev–Trinajstić information content (AvgIpc) is 3.11. The van der Waals surface area contributed by atoms with Crippen molar-refractivity contribution < 1.29 is 9.59 Å². The van der Waals surface area contributed by atoms with Gasteiger partial charge in [-0.2, -0.15) is 0 Å². The van der Waals surface area contributed by atoms with Gasteiger partial charge in [-0.3, -0.25) is 9.59 Å². The highest BCUT2D eigenvalue weighted by Gasteiger charge is 2.26. The maximum Gasteiger partial charge on any atom is 0.251 e. The van der Waals surface area contributed by atoms with Crippen LogP contribution in [-0.4, -0.2) is 23.9 Å². The van der Waals surface area contributed by atoms with E-state index in [1.54, 1.807) is 19.1 Å². The minimum absolute atomic E-state index is 0.123. The van der Waals surface area contributed by atoms with Crippen LogP contribution in [0.4, 0.5) is 0 Å². The molecule has 1 aliphatic carbocycles. The number of rotatable bonds is 4. The number of nitrogens with one attached hydrogen (secondary N) is 2. The number of aryl methyl sites for hydroxylation is 1. The average molecular weight is 325 g/mol. The monoisotopic (exact) mass is 324 g/mol. The van der Waals surface area contributed by atoms with Crippen LogP contribution in [0.5, 0.6) is 0 Å². The predicted molar refractivity (Wildman–Crippen MR) is 77.0 cm³/mol. The lowest BCUT2D eigenvalue weighted by Crippen LogP contribution is -2.45. The summed E-state index contributed by atoms with van der Waals surface area (Å²) in [7, 11) is 0. The third-order valence-corrected chi connectivity index (χ3v) is 3.43. The van der Waals surface area contributed by atoms with Gasteiger partial charge in [0.15, 0.2) is 0 Å². The van der Waals surface area contributed by atoms with E-state index in [4.69, 9.17) is 0 Å². The van der Waals surface area contributed by atoms with Crippen molar-refractivity contribution >= 4 is 27.7 Å². The molecule has 5 heteroatoms. The predicted octanol–water partition coefficient (Wildman–Crippen LogP) is 2.15. The van der Waals surface area contributed by atoms with Gasteiger partial charge in [0.25, 0.3) is 5.91 Å². The molecule has 1 aromatic carbocycles. The second-order valence-electron chi connectivity index (χ2n) is 5.00. The highest BCUT2D eigenvalue weighted by molar-refractivity contribution is 9.10. The lowest BCUT2D eigenvalue weighted by molar-refractivity contribution is -0.122. The summed E-state index contributed by atoms with van der Waals surface area (Å²) < 4.78 is 0.854. The van der Waals surface area contributed by atoms with E-state index in [0.29, 0.717) is 11.6 Å². The van der Waals surface area contributed by atoms with Crippen molar-refractivity contribution in [3.8, 4) is 0 Å². The lowest BCUT2D eigenvalue weighted by Gasteiger charge is -2.14. The molecule has 0 heterocycles. The molecule has 4 nitrogen and oxygen atoms in total. The van der Waals surface area contributed by atoms with E-state index in [2.05, 4.69) is 26.6 Å². The summed E-state index contributed by atoms with van der Waals surface area (Å²) in [4.78, 5) is 23.8. The van der Waals surface area contributed by atoms with E-state index in [0.717, 1.165) is 22.9 Å². The third-order valence-electron chi connectivity index (χ3n) is 2.97. The molecule has 0 spiro atoms. The van der Waals surface area contributed by atoms with Crippen molar-refractivity contribution in [2.45, 2.75) is 38.8 Å². The highest BCUT2D eigenvalue weighted by atomic mass is 79.9. The molecule has 0 aliphatic heterocycles. The van der Waals surface area contributed by atoms with Crippen LogP contribution in [-0.2, 0) is 4.79 Å². The molecule has 2 amide bonds. The Hall–Kier alpha value is -1.36. The molecule has 102 valence electrons. The van der Waals surface area contributed by atoms with Crippen molar-refractivity contribution in [1.29, 1.82) is 0 Å². The molecule has 1 atom stereocenters. The molecule has 2 rings (SSSR count). The van der Waals surface area contributed by atoms with Crippen molar-refractivity contribution in [3.63, 3.8) is 0 Å². The van der Waals surface area contributed by atoms with Crippen molar-refractivity contribution in [1.82, 2.24) is 10.6 Å². The van der Waals surface area contributed by atoms with Gasteiger partial charge in [-0.1, -0.05) is 15.9 Å². The van der Waals surface area contributed by atoms with Gasteiger partial charge < -0.3 is 10.6 Å². The molecule has 1 aliphatic rings. The smallest absolute Gasteiger partial charge is 0.251 e. The van der Waals surface area contributed by atoms with Gasteiger partial charge in [-0.05, 0) is 50.5 Å². The molecule has 0 bridgehead atoms. The number of hydrogen-bond acceptors (Lipinski definition) is 2. The van der Waals surface area contributed by atoms with E-state index in [1.165, 1.54) is 0 Å². The number of amides is 2. The summed E-state index contributed by atoms with van der Waals surface area (Å²) in [5.74, 6) is -0.356. The Labute approximate surface area is 121 Å². The Kier molecular flexibility index (Phi) is 4.24. The Morgan fingerprint density at radius 2 is 2.00 bits per heavy atom. The first-order valence-corrected chi connectivity index (χ1v) is 7.13. The molecule has 0 radical (unpaired) electrons. The molecule has 0 saturated heterocycles. The van der Waals surface area contributed by atoms with E-state index in [1.807, 2.05) is 13.0 Å². The molecule has 1 aromatic rings. The first kappa shape index (κ1) is 14.1. The molecule has 1 saturated carbocycles. The summed E-state index contributed by atoms with van der Waals surface area (Å²) in [6, 6.07) is 5.26. The van der Waals surface area contributed by atoms with Crippen molar-refractivity contribution in [2.75, 3.05) is 0 Å². The van der Waals surface area contributed by atoms with Crippen LogP contribution in [0.1, 0.15) is 35.7 Å². The third kappa shape index (κ3) is 4.06. The van der Waals surface area contributed by atoms with E-state index in [-0.39, 0.29) is 11.8 Å². The first-order chi connectivity index (χ1) is 8.95. The van der Waals surface area contributed by atoms with Gasteiger partial charge >= 0.3 is 0 Å². The fourth-order valence-corrected chi connectivity index (χ4v) is 2.37. The van der Waals surface area contributed by atoms with Gasteiger partial charge in [0.1, 0.15) is 6.04 Å². The SMILES string of the molecule is Cc1cc(Br)cc(C(=O)NC(C)C(=O)NC2CC2)c1. The lowest BCUT2D eigenvalue weighted by atomic mass is 10.1. The van der Waals surface area contributed by atoms with Crippen LogP contribution >= 0.6 is 15.9 Å². The fourth-order valence-electron chi connectivity index (χ4n) is 1.77. The van der Waals surface area contributed by atoms with Crippen LogP contribution in [0.2, 0.25) is 0 Å². The van der Waals surface area contributed by atoms with Gasteiger partial charge in [0.05, 0.1) is 0 Å². The second-order valence-corrected chi connectivity index (χ2v) is 5.91. The van der Waals surface area contributed by atoms with Gasteiger partial charge in [-0.15, -0.1) is 0 Å². The van der Waals surface area contributed by atoms with Crippen molar-refractivity contribution in [2.24, 2.45) is 0 Å². The van der Waals surface area contributed by atoms with Crippen LogP contribution in [0.3, 0.4) is 0 Å². The molecule has 1 unspecified atom stereocenters. The Morgan fingerprint density at radius 1 is 1.32 bits per heavy atom. The Balaban J connectivity index is 1.97.